The minimum Gasteiger partial charge on any atom is -0.457 e. The molecule has 39 heavy (non-hydrogen) atoms. The molecule has 1 aliphatic heterocycles. The number of hydrogen-bond donors (Lipinski definition) is 3. The number of nitrogens with zero attached hydrogens (tertiary/aromatic N) is 3. The lowest BCUT2D eigenvalue weighted by Crippen LogP contribution is -2.26. The Labute approximate surface area is 231 Å². The molecule has 0 radical (unpaired) electrons. The second-order valence-electron chi connectivity index (χ2n) is 10.6. The van der Waals surface area contributed by atoms with Crippen LogP contribution in [0.4, 0.5) is 27.3 Å². The number of hydrogen-bond acceptors (Lipinski definition) is 8. The first-order chi connectivity index (χ1) is 18.6. The zero-order chi connectivity index (χ0) is 28.4. The summed E-state index contributed by atoms with van der Waals surface area (Å²) in [4.78, 5) is 18.2. The van der Waals surface area contributed by atoms with Gasteiger partial charge >= 0.3 is 0 Å². The average molecular weight is 537 g/mol. The Morgan fingerprint density at radius 2 is 1.82 bits per heavy atom. The van der Waals surface area contributed by atoms with Gasteiger partial charge in [0.05, 0.1) is 30.3 Å². The molecule has 8 nitrogen and oxygen atoms in total. The molecule has 2 heterocycles. The summed E-state index contributed by atoms with van der Waals surface area (Å²) in [5.41, 5.74) is 9.12. The molecule has 0 aliphatic carbocycles. The van der Waals surface area contributed by atoms with Crippen molar-refractivity contribution in [3.8, 4) is 11.5 Å². The van der Waals surface area contributed by atoms with Gasteiger partial charge in [-0.05, 0) is 67.2 Å². The lowest BCUT2D eigenvalue weighted by Gasteiger charge is -2.24. The molecular weight excluding hydrogens is 495 g/mol. The number of aromatic nitrogens is 1. The van der Waals surface area contributed by atoms with Gasteiger partial charge in [-0.2, -0.15) is 0 Å². The van der Waals surface area contributed by atoms with Crippen LogP contribution in [-0.4, -0.2) is 56.6 Å². The number of rotatable bonds is 9. The van der Waals surface area contributed by atoms with Gasteiger partial charge in [0.25, 0.3) is 0 Å². The topological polar surface area (TPSA) is 95.7 Å². The molecule has 1 aliphatic rings. The molecule has 210 valence electrons. The number of ether oxygens (including phenoxy) is 1. The molecule has 0 saturated carbocycles. The van der Waals surface area contributed by atoms with Crippen LogP contribution in [0.15, 0.2) is 54.7 Å². The van der Waals surface area contributed by atoms with Gasteiger partial charge in [0.2, 0.25) is 0 Å². The SMILES string of the molecule is CNc1cc(Oc2ccc(N(C)CNc3cc(C(C)(C)C)ccc3F)c(N)c2)ccn1.O=CCN1CCCC1. The molecule has 0 unspecified atom stereocenters. The predicted molar refractivity (Wildman–Crippen MR) is 158 cm³/mol. The first-order valence-corrected chi connectivity index (χ1v) is 13.2. The molecule has 3 aromatic rings. The molecule has 9 heteroatoms. The molecule has 4 N–H and O–H groups in total. The maximum Gasteiger partial charge on any atom is 0.146 e. The minimum atomic E-state index is -0.281. The fourth-order valence-corrected chi connectivity index (χ4v) is 4.18. The van der Waals surface area contributed by atoms with Gasteiger partial charge in [0.1, 0.15) is 29.4 Å². The fraction of sp³-hybridized carbons (Fsp3) is 0.400. The highest BCUT2D eigenvalue weighted by molar-refractivity contribution is 5.70. The number of halogens is 1. The summed E-state index contributed by atoms with van der Waals surface area (Å²) in [6, 6.07) is 14.3. The van der Waals surface area contributed by atoms with Crippen LogP contribution in [0.1, 0.15) is 39.2 Å². The molecule has 4 rings (SSSR count). The second-order valence-corrected chi connectivity index (χ2v) is 10.6. The number of nitrogen functional groups attached to an aromatic ring is 1. The number of carbonyl (C=O) groups excluding carboxylic acids is 1. The Kier molecular flexibility index (Phi) is 10.5. The van der Waals surface area contributed by atoms with E-state index in [0.29, 0.717) is 36.1 Å². The first-order valence-electron chi connectivity index (χ1n) is 13.2. The van der Waals surface area contributed by atoms with Crippen molar-refractivity contribution in [1.29, 1.82) is 0 Å². The number of carbonyl (C=O) groups is 1. The highest BCUT2D eigenvalue weighted by atomic mass is 19.1. The van der Waals surface area contributed by atoms with Crippen molar-refractivity contribution in [2.75, 3.05) is 61.7 Å². The zero-order valence-electron chi connectivity index (χ0n) is 23.6. The predicted octanol–water partition coefficient (Wildman–Crippen LogP) is 5.72. The van der Waals surface area contributed by atoms with Gasteiger partial charge in [-0.3, -0.25) is 4.90 Å². The van der Waals surface area contributed by atoms with E-state index in [4.69, 9.17) is 10.5 Å². The van der Waals surface area contributed by atoms with Gasteiger partial charge < -0.3 is 30.8 Å². The Bertz CT molecular complexity index is 1220. The second kappa shape index (κ2) is 13.8. The van der Waals surface area contributed by atoms with Crippen molar-refractivity contribution in [2.45, 2.75) is 39.0 Å². The van der Waals surface area contributed by atoms with E-state index in [-0.39, 0.29) is 11.2 Å². The molecule has 2 aromatic carbocycles. The smallest absolute Gasteiger partial charge is 0.146 e. The van der Waals surface area contributed by atoms with E-state index in [1.54, 1.807) is 31.4 Å². The average Bonchev–Trinajstić information content (AvgIpc) is 3.41. The van der Waals surface area contributed by atoms with E-state index in [2.05, 4.69) is 41.3 Å². The number of aldehydes is 1. The Morgan fingerprint density at radius 1 is 1.10 bits per heavy atom. The maximum atomic E-state index is 14.3. The van der Waals surface area contributed by atoms with Crippen LogP contribution in [0, 0.1) is 5.82 Å². The van der Waals surface area contributed by atoms with Crippen molar-refractivity contribution >= 4 is 29.2 Å². The Hall–Kier alpha value is -3.85. The Morgan fingerprint density at radius 3 is 2.46 bits per heavy atom. The van der Waals surface area contributed by atoms with E-state index in [9.17, 15) is 9.18 Å². The van der Waals surface area contributed by atoms with Crippen LogP contribution < -0.4 is 26.0 Å². The standard InChI is InChI=1S/C24H30FN5O.C6H11NO/c1-24(2,3)16-6-8-19(25)21(12-16)29-15-30(5)22-9-7-17(13-20(22)26)31-18-10-11-28-23(14-18)27-4;8-6-5-7-3-1-2-4-7/h6-14,29H,15,26H2,1-5H3,(H,27,28);6H,1-5H2. The van der Waals surface area contributed by atoms with Crippen molar-refractivity contribution in [3.63, 3.8) is 0 Å². The third-order valence-electron chi connectivity index (χ3n) is 6.50. The molecule has 0 amide bonds. The number of nitrogens with one attached hydrogen (secondary N) is 2. The van der Waals surface area contributed by atoms with E-state index >= 15 is 0 Å². The van der Waals surface area contributed by atoms with Crippen molar-refractivity contribution in [3.05, 3.63) is 66.1 Å². The van der Waals surface area contributed by atoms with Crippen LogP contribution >= 0.6 is 0 Å². The van der Waals surface area contributed by atoms with E-state index in [1.165, 1.54) is 18.9 Å². The van der Waals surface area contributed by atoms with E-state index in [0.717, 1.165) is 36.4 Å². The van der Waals surface area contributed by atoms with Crippen LogP contribution in [0.5, 0.6) is 11.5 Å². The van der Waals surface area contributed by atoms with Gasteiger partial charge in [-0.15, -0.1) is 0 Å². The van der Waals surface area contributed by atoms with Gasteiger partial charge in [0, 0.05) is 32.4 Å². The number of benzene rings is 2. The highest BCUT2D eigenvalue weighted by Gasteiger charge is 2.16. The minimum absolute atomic E-state index is 0.0565. The third-order valence-corrected chi connectivity index (χ3v) is 6.50. The largest absolute Gasteiger partial charge is 0.457 e. The van der Waals surface area contributed by atoms with Gasteiger partial charge in [0.15, 0.2) is 0 Å². The third kappa shape index (κ3) is 8.85. The lowest BCUT2D eigenvalue weighted by atomic mass is 9.87. The lowest BCUT2D eigenvalue weighted by molar-refractivity contribution is -0.108. The maximum absolute atomic E-state index is 14.3. The van der Waals surface area contributed by atoms with Gasteiger partial charge in [-0.25, -0.2) is 9.37 Å². The van der Waals surface area contributed by atoms with Crippen LogP contribution in [0.2, 0.25) is 0 Å². The molecular formula is C30H41FN6O2. The number of nitrogens with two attached hydrogens (primary N) is 1. The Balaban J connectivity index is 0.000000449. The molecule has 0 atom stereocenters. The molecule has 0 bridgehead atoms. The van der Waals surface area contributed by atoms with E-state index < -0.39 is 0 Å². The molecule has 1 aromatic heterocycles. The highest BCUT2D eigenvalue weighted by Crippen LogP contribution is 2.31. The first kappa shape index (κ1) is 29.7. The summed E-state index contributed by atoms with van der Waals surface area (Å²) in [5.74, 6) is 1.72. The number of pyridine rings is 1. The quantitative estimate of drug-likeness (QED) is 0.182. The molecule has 1 fully saturated rings. The molecule has 1 saturated heterocycles. The summed E-state index contributed by atoms with van der Waals surface area (Å²) < 4.78 is 20.2. The summed E-state index contributed by atoms with van der Waals surface area (Å²) in [6.45, 7) is 9.59. The number of likely N-dealkylation sites (tertiary alicyclic amines) is 1. The van der Waals surface area contributed by atoms with Crippen molar-refractivity contribution in [2.24, 2.45) is 0 Å². The van der Waals surface area contributed by atoms with E-state index in [1.807, 2.05) is 36.2 Å². The monoisotopic (exact) mass is 536 g/mol. The van der Waals surface area contributed by atoms with Gasteiger partial charge in [-0.1, -0.05) is 26.8 Å². The normalized spacial score (nSPS) is 13.3. The molecule has 0 spiro atoms. The zero-order valence-corrected chi connectivity index (χ0v) is 23.6. The summed E-state index contributed by atoms with van der Waals surface area (Å²) in [5, 5.41) is 6.14. The number of anilines is 4. The van der Waals surface area contributed by atoms with Crippen LogP contribution in [0.25, 0.3) is 0 Å². The van der Waals surface area contributed by atoms with Crippen LogP contribution in [-0.2, 0) is 10.2 Å². The summed E-state index contributed by atoms with van der Waals surface area (Å²) in [7, 11) is 3.70. The summed E-state index contributed by atoms with van der Waals surface area (Å²) >= 11 is 0. The van der Waals surface area contributed by atoms with Crippen LogP contribution in [0.3, 0.4) is 0 Å². The van der Waals surface area contributed by atoms with Crippen molar-refractivity contribution in [1.82, 2.24) is 9.88 Å². The summed E-state index contributed by atoms with van der Waals surface area (Å²) in [6.07, 6.45) is 5.19. The van der Waals surface area contributed by atoms with Crippen molar-refractivity contribution < 1.29 is 13.9 Å². The fourth-order valence-electron chi connectivity index (χ4n) is 4.18.